The van der Waals surface area contributed by atoms with Crippen LogP contribution in [0.25, 0.3) is 33.5 Å². The van der Waals surface area contributed by atoms with Gasteiger partial charge < -0.3 is 0 Å². The van der Waals surface area contributed by atoms with Crippen molar-refractivity contribution in [1.29, 1.82) is 5.26 Å². The molecule has 0 atom stereocenters. The fourth-order valence-corrected chi connectivity index (χ4v) is 5.47. The minimum atomic E-state index is -1.32. The average Bonchev–Trinajstić information content (AvgIpc) is 2.83. The largest absolute Gasteiger partial charge is 0.256 e. The average molecular weight is 461 g/mol. The number of aromatic nitrogens is 1. The highest BCUT2D eigenvalue weighted by Gasteiger charge is 2.17. The highest BCUT2D eigenvalue weighted by Crippen LogP contribution is 2.31. The molecule has 0 unspecified atom stereocenters. The molecular weight excluding hydrogens is 428 g/mol. The van der Waals surface area contributed by atoms with Crippen molar-refractivity contribution in [3.05, 3.63) is 96.2 Å². The van der Waals surface area contributed by atoms with Gasteiger partial charge in [0.05, 0.1) is 25.4 Å². The van der Waals surface area contributed by atoms with Gasteiger partial charge in [0.1, 0.15) is 0 Å². The van der Waals surface area contributed by atoms with Crippen LogP contribution in [0.5, 0.6) is 0 Å². The molecule has 3 aromatic carbocycles. The van der Waals surface area contributed by atoms with Crippen molar-refractivity contribution in [1.82, 2.24) is 4.98 Å². The quantitative estimate of drug-likeness (QED) is 0.276. The third-order valence-electron chi connectivity index (χ3n) is 6.16. The SMILES string of the molecule is CC(C)Cc1cc(-c2cccc(-c3cccc(C#N)c3)c2)ncc1-c1ccc([Si](C)(C)C)cc1. The van der Waals surface area contributed by atoms with Gasteiger partial charge in [0.15, 0.2) is 0 Å². The number of nitriles is 1. The number of hydrogen-bond donors (Lipinski definition) is 0. The first kappa shape index (κ1) is 23.7. The Morgan fingerprint density at radius 1 is 0.794 bits per heavy atom. The summed E-state index contributed by atoms with van der Waals surface area (Å²) in [6.45, 7) is 11.7. The van der Waals surface area contributed by atoms with E-state index < -0.39 is 8.07 Å². The first-order valence-electron chi connectivity index (χ1n) is 12.0. The third kappa shape index (κ3) is 5.35. The molecule has 0 saturated carbocycles. The molecule has 4 aromatic rings. The molecule has 0 spiro atoms. The van der Waals surface area contributed by atoms with Crippen LogP contribution >= 0.6 is 0 Å². The summed E-state index contributed by atoms with van der Waals surface area (Å²) >= 11 is 0. The summed E-state index contributed by atoms with van der Waals surface area (Å²) in [5, 5.41) is 10.7. The zero-order valence-electron chi connectivity index (χ0n) is 20.8. The number of benzene rings is 3. The number of pyridine rings is 1. The molecule has 1 aromatic heterocycles. The van der Waals surface area contributed by atoms with Gasteiger partial charge >= 0.3 is 0 Å². The molecule has 1 heterocycles. The minimum Gasteiger partial charge on any atom is -0.256 e. The number of hydrogen-bond acceptors (Lipinski definition) is 2. The molecule has 0 bridgehead atoms. The predicted molar refractivity (Wildman–Crippen MR) is 147 cm³/mol. The Balaban J connectivity index is 1.74. The van der Waals surface area contributed by atoms with E-state index >= 15 is 0 Å². The summed E-state index contributed by atoms with van der Waals surface area (Å²) in [6.07, 6.45) is 3.05. The summed E-state index contributed by atoms with van der Waals surface area (Å²) in [6, 6.07) is 29.8. The summed E-state index contributed by atoms with van der Waals surface area (Å²) in [7, 11) is -1.32. The molecular formula is C31H32N2Si. The molecule has 170 valence electrons. The normalized spacial score (nSPS) is 11.4. The lowest BCUT2D eigenvalue weighted by Gasteiger charge is -2.18. The van der Waals surface area contributed by atoms with Crippen LogP contribution in [0.15, 0.2) is 85.1 Å². The lowest BCUT2D eigenvalue weighted by molar-refractivity contribution is 0.648. The van der Waals surface area contributed by atoms with Crippen LogP contribution in [0.4, 0.5) is 0 Å². The van der Waals surface area contributed by atoms with Crippen LogP contribution in [-0.2, 0) is 6.42 Å². The maximum Gasteiger partial charge on any atom is 0.0991 e. The number of nitrogens with zero attached hydrogens (tertiary/aromatic N) is 2. The third-order valence-corrected chi connectivity index (χ3v) is 8.23. The molecule has 4 rings (SSSR count). The first-order chi connectivity index (χ1) is 16.2. The Morgan fingerprint density at radius 3 is 2.09 bits per heavy atom. The smallest absolute Gasteiger partial charge is 0.0991 e. The monoisotopic (exact) mass is 460 g/mol. The second-order valence-corrected chi connectivity index (χ2v) is 15.5. The Bertz CT molecular complexity index is 1340. The van der Waals surface area contributed by atoms with Crippen molar-refractivity contribution in [2.45, 2.75) is 39.9 Å². The van der Waals surface area contributed by atoms with E-state index in [1.807, 2.05) is 30.5 Å². The van der Waals surface area contributed by atoms with Crippen molar-refractivity contribution in [3.8, 4) is 39.6 Å². The van der Waals surface area contributed by atoms with Crippen molar-refractivity contribution in [3.63, 3.8) is 0 Å². The van der Waals surface area contributed by atoms with Crippen LogP contribution in [0.3, 0.4) is 0 Å². The van der Waals surface area contributed by atoms with E-state index in [9.17, 15) is 5.26 Å². The summed E-state index contributed by atoms with van der Waals surface area (Å²) < 4.78 is 0. The van der Waals surface area contributed by atoms with Gasteiger partial charge in [-0.1, -0.05) is 93.3 Å². The molecule has 0 N–H and O–H groups in total. The lowest BCUT2D eigenvalue weighted by atomic mass is 9.93. The van der Waals surface area contributed by atoms with Crippen molar-refractivity contribution >= 4 is 13.3 Å². The Hall–Kier alpha value is -3.48. The van der Waals surface area contributed by atoms with E-state index in [1.54, 1.807) is 0 Å². The molecule has 0 aliphatic carbocycles. The Labute approximate surface area is 205 Å². The maximum atomic E-state index is 9.26. The number of rotatable bonds is 6. The second-order valence-electron chi connectivity index (χ2n) is 10.4. The van der Waals surface area contributed by atoms with Crippen molar-refractivity contribution in [2.24, 2.45) is 5.92 Å². The predicted octanol–water partition coefficient (Wildman–Crippen LogP) is 7.70. The topological polar surface area (TPSA) is 36.7 Å². The molecule has 0 amide bonds. The summed E-state index contributed by atoms with van der Waals surface area (Å²) in [4.78, 5) is 4.89. The van der Waals surface area contributed by atoms with Gasteiger partial charge in [0.2, 0.25) is 0 Å². The van der Waals surface area contributed by atoms with Crippen molar-refractivity contribution in [2.75, 3.05) is 0 Å². The van der Waals surface area contributed by atoms with E-state index in [4.69, 9.17) is 4.98 Å². The second kappa shape index (κ2) is 9.79. The van der Waals surface area contributed by atoms with Crippen LogP contribution in [-0.4, -0.2) is 13.1 Å². The first-order valence-corrected chi connectivity index (χ1v) is 15.5. The highest BCUT2D eigenvalue weighted by molar-refractivity contribution is 6.88. The van der Waals surface area contributed by atoms with Gasteiger partial charge in [-0.25, -0.2) is 0 Å². The highest BCUT2D eigenvalue weighted by atomic mass is 28.3. The molecule has 0 aliphatic heterocycles. The molecule has 0 saturated heterocycles. The summed E-state index contributed by atoms with van der Waals surface area (Å²) in [5.74, 6) is 0.551. The minimum absolute atomic E-state index is 0.551. The van der Waals surface area contributed by atoms with Gasteiger partial charge in [-0.3, -0.25) is 4.98 Å². The molecule has 3 heteroatoms. The van der Waals surface area contributed by atoms with Crippen molar-refractivity contribution < 1.29 is 0 Å². The van der Waals surface area contributed by atoms with Gasteiger partial charge in [-0.05, 0) is 58.9 Å². The van der Waals surface area contributed by atoms with E-state index in [1.165, 1.54) is 21.9 Å². The zero-order valence-corrected chi connectivity index (χ0v) is 21.8. The molecule has 0 fully saturated rings. The molecule has 34 heavy (non-hydrogen) atoms. The van der Waals surface area contributed by atoms with E-state index in [0.717, 1.165) is 28.8 Å². The maximum absolute atomic E-state index is 9.26. The Morgan fingerprint density at radius 2 is 1.44 bits per heavy atom. The molecule has 0 aliphatic rings. The van der Waals surface area contributed by atoms with Gasteiger partial charge in [0, 0.05) is 17.3 Å². The van der Waals surface area contributed by atoms with Crippen LogP contribution in [0.1, 0.15) is 25.0 Å². The van der Waals surface area contributed by atoms with Gasteiger partial charge in [-0.2, -0.15) is 5.26 Å². The van der Waals surface area contributed by atoms with E-state index in [-0.39, 0.29) is 0 Å². The standard InChI is InChI=1S/C31H32N2Si/c1-22(2)16-28-19-31(33-21-30(28)24-12-14-29(15-13-24)34(3,4)5)27-11-7-10-26(18-27)25-9-6-8-23(17-25)20-32/h6-15,17-19,21-22H,16H2,1-5H3. The van der Waals surface area contributed by atoms with Crippen LogP contribution in [0, 0.1) is 17.2 Å². The van der Waals surface area contributed by atoms with Crippen LogP contribution < -0.4 is 5.19 Å². The fourth-order valence-electron chi connectivity index (χ4n) is 4.30. The molecule has 0 radical (unpaired) electrons. The summed E-state index contributed by atoms with van der Waals surface area (Å²) in [5.41, 5.74) is 8.66. The van der Waals surface area contributed by atoms with E-state index in [2.05, 4.69) is 94.2 Å². The molecule has 2 nitrogen and oxygen atoms in total. The van der Waals surface area contributed by atoms with Gasteiger partial charge in [0.25, 0.3) is 0 Å². The van der Waals surface area contributed by atoms with Crippen LogP contribution in [0.2, 0.25) is 19.6 Å². The van der Waals surface area contributed by atoms with Gasteiger partial charge in [-0.15, -0.1) is 0 Å². The Kier molecular flexibility index (Phi) is 6.81. The fraction of sp³-hybridized carbons (Fsp3) is 0.226. The zero-order chi connectivity index (χ0) is 24.3. The van der Waals surface area contributed by atoms with E-state index in [0.29, 0.717) is 11.5 Å². The lowest BCUT2D eigenvalue weighted by Crippen LogP contribution is -2.37.